The van der Waals surface area contributed by atoms with Crippen molar-refractivity contribution in [1.82, 2.24) is 14.9 Å². The molecule has 1 aliphatic heterocycles. The van der Waals surface area contributed by atoms with E-state index in [0.29, 0.717) is 22.2 Å². The summed E-state index contributed by atoms with van der Waals surface area (Å²) in [6.45, 7) is 6.47. The predicted molar refractivity (Wildman–Crippen MR) is 153 cm³/mol. The number of sulfonamides is 2. The largest absolute Gasteiger partial charge is 0.416 e. The molecule has 0 amide bonds. The molecule has 11 nitrogen and oxygen atoms in total. The fraction of sp³-hybridized carbons (Fsp3) is 0.481. The highest BCUT2D eigenvalue weighted by Gasteiger charge is 2.44. The van der Waals surface area contributed by atoms with Crippen molar-refractivity contribution in [1.29, 1.82) is 0 Å². The molecule has 0 radical (unpaired) electrons. The lowest BCUT2D eigenvalue weighted by atomic mass is 9.93. The van der Waals surface area contributed by atoms with Crippen LogP contribution in [0.2, 0.25) is 0 Å². The van der Waals surface area contributed by atoms with Crippen molar-refractivity contribution in [3.63, 3.8) is 0 Å². The summed E-state index contributed by atoms with van der Waals surface area (Å²) in [6, 6.07) is 11.4. The second-order valence-corrected chi connectivity index (χ2v) is 15.2. The molecule has 1 saturated heterocycles. The molecule has 0 bridgehead atoms. The number of benzene rings is 2. The van der Waals surface area contributed by atoms with Crippen LogP contribution < -0.4 is 14.3 Å². The molecule has 1 spiro atoms. The Balaban J connectivity index is 1.47. The molecule has 2 fully saturated rings. The van der Waals surface area contributed by atoms with Gasteiger partial charge in [-0.05, 0) is 88.3 Å². The Morgan fingerprint density at radius 2 is 1.68 bits per heavy atom. The van der Waals surface area contributed by atoms with E-state index in [2.05, 4.69) is 24.5 Å². The zero-order chi connectivity index (χ0) is 28.8. The molecule has 40 heavy (non-hydrogen) atoms. The number of aliphatic hydroxyl groups is 1. The Bertz CT molecular complexity index is 1600. The van der Waals surface area contributed by atoms with Crippen molar-refractivity contribution in [3.05, 3.63) is 42.5 Å². The minimum Gasteiger partial charge on any atom is -0.416 e. The van der Waals surface area contributed by atoms with Crippen LogP contribution in [0.15, 0.2) is 51.8 Å². The summed E-state index contributed by atoms with van der Waals surface area (Å²) in [6.07, 6.45) is 4.63. The first-order valence-electron chi connectivity index (χ1n) is 13.3. The molecule has 0 unspecified atom stereocenters. The third kappa shape index (κ3) is 6.48. The molecule has 2 heterocycles. The van der Waals surface area contributed by atoms with Crippen LogP contribution in [0, 0.1) is 5.41 Å². The Kier molecular flexibility index (Phi) is 7.44. The second-order valence-electron chi connectivity index (χ2n) is 11.7. The van der Waals surface area contributed by atoms with E-state index in [1.54, 1.807) is 51.1 Å². The third-order valence-corrected chi connectivity index (χ3v) is 10.3. The van der Waals surface area contributed by atoms with Crippen molar-refractivity contribution < 1.29 is 26.4 Å². The number of piperidine rings is 1. The fourth-order valence-corrected chi connectivity index (χ4v) is 7.29. The van der Waals surface area contributed by atoms with Gasteiger partial charge in [-0.3, -0.25) is 4.72 Å². The normalized spacial score (nSPS) is 17.2. The van der Waals surface area contributed by atoms with E-state index in [4.69, 9.17) is 9.52 Å². The lowest BCUT2D eigenvalue weighted by Crippen LogP contribution is -2.40. The molecule has 3 aromatic rings. The Morgan fingerprint density at radius 3 is 2.33 bits per heavy atom. The molecule has 2 aromatic carbocycles. The van der Waals surface area contributed by atoms with Gasteiger partial charge in [0.1, 0.15) is 0 Å². The first-order valence-corrected chi connectivity index (χ1v) is 16.4. The van der Waals surface area contributed by atoms with E-state index >= 15 is 0 Å². The van der Waals surface area contributed by atoms with Gasteiger partial charge < -0.3 is 14.4 Å². The molecule has 216 valence electrons. The Morgan fingerprint density at radius 1 is 0.975 bits per heavy atom. The maximum Gasteiger partial charge on any atom is 0.250 e. The van der Waals surface area contributed by atoms with E-state index in [-0.39, 0.29) is 16.7 Å². The zero-order valence-electron chi connectivity index (χ0n) is 22.8. The van der Waals surface area contributed by atoms with E-state index in [0.717, 1.165) is 31.6 Å². The second kappa shape index (κ2) is 10.4. The molecule has 1 saturated carbocycles. The summed E-state index contributed by atoms with van der Waals surface area (Å²) in [5, 5.41) is 17.6. The van der Waals surface area contributed by atoms with Crippen LogP contribution in [0.3, 0.4) is 0 Å². The lowest BCUT2D eigenvalue weighted by molar-refractivity contribution is 0.320. The number of aliphatic hydroxyl groups excluding tert-OH is 1. The number of aromatic nitrogens is 2. The van der Waals surface area contributed by atoms with Crippen molar-refractivity contribution in [2.75, 3.05) is 35.1 Å². The minimum atomic E-state index is -3.76. The van der Waals surface area contributed by atoms with Crippen molar-refractivity contribution in [2.45, 2.75) is 56.9 Å². The van der Waals surface area contributed by atoms with Gasteiger partial charge in [0.05, 0.1) is 34.2 Å². The Hall–Kier alpha value is -3.00. The zero-order valence-corrected chi connectivity index (χ0v) is 24.5. The summed E-state index contributed by atoms with van der Waals surface area (Å²) < 4.78 is 61.5. The van der Waals surface area contributed by atoms with E-state index in [9.17, 15) is 16.8 Å². The SMILES string of the molecule is CC(C)(C)NS(=O)(=O)c1cccc(-c2nnc(-c3ccc(NS(=O)(=O)CCO)cc3N3CCC4(CC3)CC4)o2)c1. The highest BCUT2D eigenvalue weighted by molar-refractivity contribution is 7.92. The van der Waals surface area contributed by atoms with Crippen molar-refractivity contribution in [3.8, 4) is 22.9 Å². The van der Waals surface area contributed by atoms with E-state index < -0.39 is 37.9 Å². The predicted octanol–water partition coefficient (Wildman–Crippen LogP) is 3.59. The number of nitrogens with one attached hydrogen (secondary N) is 2. The van der Waals surface area contributed by atoms with E-state index in [1.807, 2.05) is 0 Å². The first-order chi connectivity index (χ1) is 18.8. The van der Waals surface area contributed by atoms with Gasteiger partial charge in [-0.15, -0.1) is 10.2 Å². The molecular formula is C27H35N5O6S2. The van der Waals surface area contributed by atoms with Crippen molar-refractivity contribution >= 4 is 31.4 Å². The number of nitrogens with zero attached hydrogens (tertiary/aromatic N) is 3. The lowest BCUT2D eigenvalue weighted by Gasteiger charge is -2.35. The van der Waals surface area contributed by atoms with Gasteiger partial charge in [-0.1, -0.05) is 6.07 Å². The summed E-state index contributed by atoms with van der Waals surface area (Å²) in [4.78, 5) is 2.29. The summed E-state index contributed by atoms with van der Waals surface area (Å²) in [5.74, 6) is 0.00301. The van der Waals surface area contributed by atoms with E-state index in [1.165, 1.54) is 25.0 Å². The van der Waals surface area contributed by atoms with Gasteiger partial charge in [-0.2, -0.15) is 0 Å². The van der Waals surface area contributed by atoms with Crippen LogP contribution in [0.4, 0.5) is 11.4 Å². The van der Waals surface area contributed by atoms with Gasteiger partial charge >= 0.3 is 0 Å². The molecule has 5 rings (SSSR count). The smallest absolute Gasteiger partial charge is 0.250 e. The summed E-state index contributed by atoms with van der Waals surface area (Å²) in [5.41, 5.74) is 2.05. The molecule has 1 aromatic heterocycles. The van der Waals surface area contributed by atoms with Crippen LogP contribution >= 0.6 is 0 Å². The van der Waals surface area contributed by atoms with Crippen LogP contribution in [-0.4, -0.2) is 63.1 Å². The fourth-order valence-electron chi connectivity index (χ4n) is 4.99. The number of anilines is 2. The van der Waals surface area contributed by atoms with Gasteiger partial charge in [0.25, 0.3) is 0 Å². The van der Waals surface area contributed by atoms with Crippen LogP contribution in [0.25, 0.3) is 22.9 Å². The standard InChI is InChI=1S/C27H35N5O6S2/c1-26(2,3)31-40(36,37)21-6-4-5-19(17-21)24-28-29-25(38-24)22-8-7-20(30-39(34,35)16-15-33)18-23(22)32-13-11-27(9-10-27)12-14-32/h4-8,17-18,30-31,33H,9-16H2,1-3H3. The first kappa shape index (κ1) is 28.5. The number of rotatable bonds is 9. The molecule has 2 aliphatic rings. The summed E-state index contributed by atoms with van der Waals surface area (Å²) in [7, 11) is -7.46. The topological polar surface area (TPSA) is 155 Å². The quantitative estimate of drug-likeness (QED) is 0.340. The molecule has 3 N–H and O–H groups in total. The maximum absolute atomic E-state index is 12.9. The number of hydrogen-bond acceptors (Lipinski definition) is 9. The number of hydrogen-bond donors (Lipinski definition) is 3. The molecule has 1 aliphatic carbocycles. The molecular weight excluding hydrogens is 554 g/mol. The van der Waals surface area contributed by atoms with Crippen molar-refractivity contribution in [2.24, 2.45) is 5.41 Å². The average Bonchev–Trinajstić information content (AvgIpc) is 3.43. The molecule has 13 heteroatoms. The highest BCUT2D eigenvalue weighted by atomic mass is 32.2. The maximum atomic E-state index is 12.9. The average molecular weight is 590 g/mol. The van der Waals surface area contributed by atoms with Crippen LogP contribution in [0.5, 0.6) is 0 Å². The minimum absolute atomic E-state index is 0.0854. The van der Waals surface area contributed by atoms with Crippen LogP contribution in [0.1, 0.15) is 46.5 Å². The highest BCUT2D eigenvalue weighted by Crippen LogP contribution is 2.54. The third-order valence-electron chi connectivity index (χ3n) is 7.24. The van der Waals surface area contributed by atoms with Gasteiger partial charge in [0.15, 0.2) is 0 Å². The van der Waals surface area contributed by atoms with Gasteiger partial charge in [-0.25, -0.2) is 21.6 Å². The monoisotopic (exact) mass is 589 g/mol. The van der Waals surface area contributed by atoms with Gasteiger partial charge in [0.2, 0.25) is 31.8 Å². The Labute approximate surface area is 235 Å². The summed E-state index contributed by atoms with van der Waals surface area (Å²) >= 11 is 0. The van der Waals surface area contributed by atoms with Crippen LogP contribution in [-0.2, 0) is 20.0 Å². The van der Waals surface area contributed by atoms with Gasteiger partial charge in [0, 0.05) is 24.2 Å². The molecule has 0 atom stereocenters.